The van der Waals surface area contributed by atoms with Crippen molar-refractivity contribution in [2.24, 2.45) is 0 Å². The van der Waals surface area contributed by atoms with Crippen LogP contribution in [-0.4, -0.2) is 16.7 Å². The fourth-order valence-corrected chi connectivity index (χ4v) is 3.37. The van der Waals surface area contributed by atoms with Gasteiger partial charge in [0, 0.05) is 10.7 Å². The molecule has 0 aliphatic carbocycles. The summed E-state index contributed by atoms with van der Waals surface area (Å²) in [7, 11) is 0. The molecule has 0 radical (unpaired) electrons. The minimum absolute atomic E-state index is 0.0693. The fraction of sp³-hybridized carbons (Fsp3) is 0.130. The zero-order valence-corrected chi connectivity index (χ0v) is 16.8. The molecule has 2 amide bonds. The van der Waals surface area contributed by atoms with E-state index in [9.17, 15) is 9.59 Å². The Morgan fingerprint density at radius 1 is 0.966 bits per heavy atom. The van der Waals surface area contributed by atoms with Crippen LogP contribution in [-0.2, 0) is 16.1 Å². The Morgan fingerprint density at radius 2 is 1.72 bits per heavy atom. The van der Waals surface area contributed by atoms with Crippen LogP contribution in [0.4, 0.5) is 5.69 Å². The summed E-state index contributed by atoms with van der Waals surface area (Å²) in [6.07, 6.45) is 1.52. The number of rotatable bonds is 5. The fourth-order valence-electron chi connectivity index (χ4n) is 3.24. The van der Waals surface area contributed by atoms with Crippen LogP contribution in [0.5, 0.6) is 0 Å². The molecule has 2 heterocycles. The number of carbonyl (C=O) groups excluding carboxylic acids is 2. The summed E-state index contributed by atoms with van der Waals surface area (Å²) in [5.74, 6) is -0.232. The van der Waals surface area contributed by atoms with E-state index >= 15 is 0 Å². The van der Waals surface area contributed by atoms with Crippen LogP contribution in [0.25, 0.3) is 5.57 Å². The molecule has 0 unspecified atom stereocenters. The summed E-state index contributed by atoms with van der Waals surface area (Å²) < 4.78 is 5.33. The van der Waals surface area contributed by atoms with Crippen LogP contribution >= 0.6 is 11.6 Å². The highest BCUT2D eigenvalue weighted by molar-refractivity contribution is 6.36. The molecule has 0 spiro atoms. The van der Waals surface area contributed by atoms with Crippen molar-refractivity contribution in [3.05, 3.63) is 94.0 Å². The number of amides is 2. The average Bonchev–Trinajstić information content (AvgIpc) is 3.29. The molecule has 1 N–H and O–H groups in total. The van der Waals surface area contributed by atoms with E-state index < -0.39 is 5.91 Å². The number of nitrogens with zero attached hydrogens (tertiary/aromatic N) is 1. The lowest BCUT2D eigenvalue weighted by Gasteiger charge is -2.14. The number of nitrogens with one attached hydrogen (secondary N) is 1. The van der Waals surface area contributed by atoms with Gasteiger partial charge in [-0.1, -0.05) is 29.8 Å². The SMILES string of the molecule is Cc1ccc(NC2=C(c3ccc(Cl)cc3)C(=O)N(Cc3ccco3)C2=O)cc1C. The predicted octanol–water partition coefficient (Wildman–Crippen LogP) is 4.94. The van der Waals surface area contributed by atoms with E-state index in [0.29, 0.717) is 21.9 Å². The van der Waals surface area contributed by atoms with Crippen molar-refractivity contribution in [2.75, 3.05) is 5.32 Å². The highest BCUT2D eigenvalue weighted by atomic mass is 35.5. The first-order valence-corrected chi connectivity index (χ1v) is 9.55. The lowest BCUT2D eigenvalue weighted by Crippen LogP contribution is -2.31. The first kappa shape index (κ1) is 19.0. The van der Waals surface area contributed by atoms with E-state index in [0.717, 1.165) is 16.8 Å². The van der Waals surface area contributed by atoms with Gasteiger partial charge in [0.15, 0.2) is 0 Å². The number of hydrogen-bond acceptors (Lipinski definition) is 4. The first-order chi connectivity index (χ1) is 13.9. The highest BCUT2D eigenvalue weighted by Gasteiger charge is 2.39. The second kappa shape index (κ2) is 7.60. The summed E-state index contributed by atoms with van der Waals surface area (Å²) >= 11 is 6.00. The maximum Gasteiger partial charge on any atom is 0.278 e. The number of carbonyl (C=O) groups is 2. The normalized spacial score (nSPS) is 14.1. The molecular formula is C23H19ClN2O3. The molecule has 3 aromatic rings. The van der Waals surface area contributed by atoms with Crippen molar-refractivity contribution in [1.82, 2.24) is 4.90 Å². The van der Waals surface area contributed by atoms with Crippen LogP contribution in [0, 0.1) is 13.8 Å². The van der Waals surface area contributed by atoms with E-state index in [-0.39, 0.29) is 18.1 Å². The lowest BCUT2D eigenvalue weighted by atomic mass is 10.0. The van der Waals surface area contributed by atoms with Gasteiger partial charge in [-0.3, -0.25) is 14.5 Å². The molecule has 146 valence electrons. The monoisotopic (exact) mass is 406 g/mol. The second-order valence-corrected chi connectivity index (χ2v) is 7.39. The Kier molecular flexibility index (Phi) is 4.99. The number of anilines is 1. The van der Waals surface area contributed by atoms with Crippen molar-refractivity contribution < 1.29 is 14.0 Å². The quantitative estimate of drug-likeness (QED) is 0.609. The zero-order valence-electron chi connectivity index (χ0n) is 16.0. The van der Waals surface area contributed by atoms with Crippen LogP contribution in [0.15, 0.2) is 71.0 Å². The summed E-state index contributed by atoms with van der Waals surface area (Å²) in [4.78, 5) is 27.5. The van der Waals surface area contributed by atoms with E-state index in [1.807, 2.05) is 32.0 Å². The van der Waals surface area contributed by atoms with E-state index in [4.69, 9.17) is 16.0 Å². The number of halogens is 1. The lowest BCUT2D eigenvalue weighted by molar-refractivity contribution is -0.137. The molecule has 4 rings (SSSR count). The van der Waals surface area contributed by atoms with Gasteiger partial charge in [-0.05, 0) is 66.9 Å². The van der Waals surface area contributed by atoms with Crippen molar-refractivity contribution in [3.63, 3.8) is 0 Å². The van der Waals surface area contributed by atoms with Gasteiger partial charge < -0.3 is 9.73 Å². The summed E-state index contributed by atoms with van der Waals surface area (Å²) in [6.45, 7) is 4.09. The van der Waals surface area contributed by atoms with Crippen LogP contribution < -0.4 is 5.32 Å². The third kappa shape index (κ3) is 3.69. The van der Waals surface area contributed by atoms with Crippen molar-refractivity contribution >= 4 is 34.7 Å². The highest BCUT2D eigenvalue weighted by Crippen LogP contribution is 2.32. The summed E-state index contributed by atoms with van der Waals surface area (Å²) in [5.41, 5.74) is 4.17. The summed E-state index contributed by atoms with van der Waals surface area (Å²) in [5, 5.41) is 3.72. The number of benzene rings is 2. The Labute approximate surface area is 173 Å². The molecule has 6 heteroatoms. The number of hydrogen-bond donors (Lipinski definition) is 1. The molecule has 0 bridgehead atoms. The zero-order chi connectivity index (χ0) is 20.5. The third-order valence-electron chi connectivity index (χ3n) is 4.97. The Morgan fingerprint density at radius 3 is 2.38 bits per heavy atom. The maximum absolute atomic E-state index is 13.2. The van der Waals surface area contributed by atoms with Gasteiger partial charge in [-0.2, -0.15) is 0 Å². The second-order valence-electron chi connectivity index (χ2n) is 6.96. The minimum atomic E-state index is -0.394. The number of aryl methyl sites for hydroxylation is 2. The molecule has 0 atom stereocenters. The van der Waals surface area contributed by atoms with Crippen molar-refractivity contribution in [3.8, 4) is 0 Å². The predicted molar refractivity (Wildman–Crippen MR) is 112 cm³/mol. The van der Waals surface area contributed by atoms with Crippen molar-refractivity contribution in [2.45, 2.75) is 20.4 Å². The van der Waals surface area contributed by atoms with Gasteiger partial charge in [-0.15, -0.1) is 0 Å². The van der Waals surface area contributed by atoms with Gasteiger partial charge in [0.05, 0.1) is 18.4 Å². The molecule has 29 heavy (non-hydrogen) atoms. The summed E-state index contributed by atoms with van der Waals surface area (Å²) in [6, 6.07) is 16.1. The van der Waals surface area contributed by atoms with Crippen LogP contribution in [0.2, 0.25) is 5.02 Å². The largest absolute Gasteiger partial charge is 0.467 e. The van der Waals surface area contributed by atoms with Crippen LogP contribution in [0.3, 0.4) is 0 Å². The van der Waals surface area contributed by atoms with Gasteiger partial charge in [0.2, 0.25) is 0 Å². The molecule has 0 fully saturated rings. The molecule has 1 aromatic heterocycles. The van der Waals surface area contributed by atoms with Gasteiger partial charge in [0.1, 0.15) is 11.5 Å². The molecule has 0 saturated carbocycles. The Balaban J connectivity index is 1.76. The van der Waals surface area contributed by atoms with Crippen molar-refractivity contribution in [1.29, 1.82) is 0 Å². The molecule has 1 aliphatic heterocycles. The topological polar surface area (TPSA) is 62.6 Å². The van der Waals surface area contributed by atoms with Gasteiger partial charge in [0.25, 0.3) is 11.8 Å². The average molecular weight is 407 g/mol. The molecule has 0 saturated heterocycles. The smallest absolute Gasteiger partial charge is 0.278 e. The molecular weight excluding hydrogens is 388 g/mol. The Bertz CT molecular complexity index is 1120. The van der Waals surface area contributed by atoms with E-state index in [1.54, 1.807) is 36.4 Å². The van der Waals surface area contributed by atoms with E-state index in [1.165, 1.54) is 11.2 Å². The Hall–Kier alpha value is -3.31. The number of furan rings is 1. The molecule has 2 aromatic carbocycles. The standard InChI is InChI=1S/C23H19ClN2O3/c1-14-5-10-18(12-15(14)2)25-21-20(16-6-8-17(24)9-7-16)22(27)26(23(21)28)13-19-4-3-11-29-19/h3-12,25H,13H2,1-2H3. The molecule has 1 aliphatic rings. The minimum Gasteiger partial charge on any atom is -0.467 e. The maximum atomic E-state index is 13.2. The number of imide groups is 1. The van der Waals surface area contributed by atoms with Gasteiger partial charge in [-0.25, -0.2) is 0 Å². The third-order valence-corrected chi connectivity index (χ3v) is 5.22. The van der Waals surface area contributed by atoms with Crippen LogP contribution in [0.1, 0.15) is 22.5 Å². The first-order valence-electron chi connectivity index (χ1n) is 9.17. The van der Waals surface area contributed by atoms with Gasteiger partial charge >= 0.3 is 0 Å². The molecule has 5 nitrogen and oxygen atoms in total. The van der Waals surface area contributed by atoms with E-state index in [2.05, 4.69) is 5.32 Å².